The van der Waals surface area contributed by atoms with Crippen LogP contribution in [0.4, 0.5) is 4.39 Å². The average Bonchev–Trinajstić information content (AvgIpc) is 2.28. The topological polar surface area (TPSA) is 74.6 Å². The zero-order valence-corrected chi connectivity index (χ0v) is 10.5. The number of alkyl halides is 1. The minimum Gasteiger partial charge on any atom is -0.481 e. The van der Waals surface area contributed by atoms with Crippen molar-refractivity contribution in [3.05, 3.63) is 35.6 Å². The summed E-state index contributed by atoms with van der Waals surface area (Å²) in [5.41, 5.74) is 0.458. The van der Waals surface area contributed by atoms with E-state index in [0.717, 1.165) is 0 Å². The maximum absolute atomic E-state index is 12.8. The third-order valence-corrected chi connectivity index (χ3v) is 2.09. The van der Waals surface area contributed by atoms with Gasteiger partial charge in [0.1, 0.15) is 11.2 Å². The molecule has 0 saturated carbocycles. The van der Waals surface area contributed by atoms with E-state index in [-0.39, 0.29) is 18.7 Å². The van der Waals surface area contributed by atoms with Crippen LogP contribution in [0.2, 0.25) is 0 Å². The third kappa shape index (κ3) is 7.62. The highest BCUT2D eigenvalue weighted by Gasteiger charge is 2.03. The number of aliphatic carboxylic acids is 2. The minimum atomic E-state index is -0.975. The van der Waals surface area contributed by atoms with Gasteiger partial charge in [-0.15, -0.1) is 11.6 Å². The molecule has 0 aliphatic rings. The Morgan fingerprint density at radius 3 is 2.22 bits per heavy atom. The SMILES string of the molecule is CC(Cl)C(=O)O.O=C(O)CCc1ccccc1F. The molecule has 0 bridgehead atoms. The number of carbonyl (C=O) groups is 2. The number of halogens is 2. The van der Waals surface area contributed by atoms with E-state index in [2.05, 4.69) is 0 Å². The number of aryl methyl sites for hydroxylation is 1. The van der Waals surface area contributed by atoms with Crippen LogP contribution >= 0.6 is 11.6 Å². The molecule has 1 aromatic rings. The van der Waals surface area contributed by atoms with Crippen molar-refractivity contribution < 1.29 is 24.2 Å². The van der Waals surface area contributed by atoms with Crippen molar-refractivity contribution in [1.82, 2.24) is 0 Å². The van der Waals surface area contributed by atoms with Gasteiger partial charge in [-0.25, -0.2) is 4.39 Å². The van der Waals surface area contributed by atoms with Crippen LogP contribution in [0.15, 0.2) is 24.3 Å². The maximum Gasteiger partial charge on any atom is 0.321 e. The second-order valence-electron chi connectivity index (χ2n) is 3.44. The van der Waals surface area contributed by atoms with Crippen LogP contribution in [0.25, 0.3) is 0 Å². The molecule has 0 aliphatic carbocycles. The number of hydrogen-bond donors (Lipinski definition) is 2. The standard InChI is InChI=1S/C9H9FO2.C3H5ClO2/c10-8-4-2-1-3-7(8)5-6-9(11)12;1-2(4)3(5)6/h1-4H,5-6H2,(H,11,12);2H,1H3,(H,5,6). The molecule has 2 N–H and O–H groups in total. The van der Waals surface area contributed by atoms with Crippen molar-refractivity contribution in [3.63, 3.8) is 0 Å². The van der Waals surface area contributed by atoms with Gasteiger partial charge in [0, 0.05) is 6.42 Å². The van der Waals surface area contributed by atoms with E-state index < -0.39 is 17.3 Å². The van der Waals surface area contributed by atoms with Gasteiger partial charge in [-0.05, 0) is 25.0 Å². The van der Waals surface area contributed by atoms with Gasteiger partial charge in [0.15, 0.2) is 0 Å². The van der Waals surface area contributed by atoms with E-state index in [4.69, 9.17) is 21.8 Å². The number of carboxylic acids is 2. The number of carboxylic acid groups (broad SMARTS) is 2. The van der Waals surface area contributed by atoms with Gasteiger partial charge in [-0.1, -0.05) is 18.2 Å². The largest absolute Gasteiger partial charge is 0.481 e. The highest BCUT2D eigenvalue weighted by molar-refractivity contribution is 6.29. The second kappa shape index (κ2) is 8.47. The summed E-state index contributed by atoms with van der Waals surface area (Å²) in [5, 5.41) is 15.4. The second-order valence-corrected chi connectivity index (χ2v) is 4.09. The number of rotatable bonds is 4. The predicted molar refractivity (Wildman–Crippen MR) is 65.3 cm³/mol. The van der Waals surface area contributed by atoms with Crippen molar-refractivity contribution in [3.8, 4) is 0 Å². The quantitative estimate of drug-likeness (QED) is 0.829. The molecular weight excluding hydrogens is 263 g/mol. The first kappa shape index (κ1) is 16.4. The smallest absolute Gasteiger partial charge is 0.321 e. The number of hydrogen-bond acceptors (Lipinski definition) is 2. The fraction of sp³-hybridized carbons (Fsp3) is 0.333. The molecule has 0 aromatic heterocycles. The maximum atomic E-state index is 12.8. The molecular formula is C12H14ClFO4. The molecule has 100 valence electrons. The lowest BCUT2D eigenvalue weighted by molar-refractivity contribution is -0.137. The van der Waals surface area contributed by atoms with Gasteiger partial charge >= 0.3 is 11.9 Å². The van der Waals surface area contributed by atoms with Gasteiger partial charge in [-0.3, -0.25) is 9.59 Å². The Kier molecular flexibility index (Phi) is 7.71. The Labute approximate surface area is 109 Å². The van der Waals surface area contributed by atoms with Gasteiger partial charge in [0.2, 0.25) is 0 Å². The molecule has 0 radical (unpaired) electrons. The number of benzene rings is 1. The Hall–Kier alpha value is -1.62. The monoisotopic (exact) mass is 276 g/mol. The fourth-order valence-corrected chi connectivity index (χ4v) is 0.943. The molecule has 0 aliphatic heterocycles. The van der Waals surface area contributed by atoms with E-state index in [9.17, 15) is 14.0 Å². The molecule has 1 unspecified atom stereocenters. The summed E-state index contributed by atoms with van der Waals surface area (Å²) in [4.78, 5) is 19.7. The highest BCUT2D eigenvalue weighted by Crippen LogP contribution is 2.08. The molecule has 0 heterocycles. The fourth-order valence-electron chi connectivity index (χ4n) is 0.943. The Morgan fingerprint density at radius 1 is 1.33 bits per heavy atom. The van der Waals surface area contributed by atoms with Crippen LogP contribution in [0.5, 0.6) is 0 Å². The lowest BCUT2D eigenvalue weighted by Gasteiger charge is -1.98. The van der Waals surface area contributed by atoms with Crippen molar-refractivity contribution in [2.45, 2.75) is 25.1 Å². The van der Waals surface area contributed by atoms with Crippen molar-refractivity contribution in [1.29, 1.82) is 0 Å². The molecule has 4 nitrogen and oxygen atoms in total. The first-order valence-corrected chi connectivity index (χ1v) is 5.60. The highest BCUT2D eigenvalue weighted by atomic mass is 35.5. The van der Waals surface area contributed by atoms with E-state index in [0.29, 0.717) is 5.56 Å². The zero-order valence-electron chi connectivity index (χ0n) is 9.77. The summed E-state index contributed by atoms with van der Waals surface area (Å²) in [6, 6.07) is 6.20. The van der Waals surface area contributed by atoms with E-state index in [1.165, 1.54) is 13.0 Å². The Bertz CT molecular complexity index is 407. The summed E-state index contributed by atoms with van der Waals surface area (Å²) in [6.45, 7) is 1.41. The summed E-state index contributed by atoms with van der Waals surface area (Å²) in [7, 11) is 0. The summed E-state index contributed by atoms with van der Waals surface area (Å²) < 4.78 is 12.8. The van der Waals surface area contributed by atoms with Crippen molar-refractivity contribution in [2.24, 2.45) is 0 Å². The predicted octanol–water partition coefficient (Wildman–Crippen LogP) is 2.54. The van der Waals surface area contributed by atoms with E-state index >= 15 is 0 Å². The zero-order chi connectivity index (χ0) is 14.1. The van der Waals surface area contributed by atoms with Gasteiger partial charge in [0.05, 0.1) is 0 Å². The summed E-state index contributed by atoms with van der Waals surface area (Å²) in [6.07, 6.45) is 0.225. The van der Waals surface area contributed by atoms with Crippen molar-refractivity contribution >= 4 is 23.5 Å². The molecule has 1 rings (SSSR count). The van der Waals surface area contributed by atoms with Crippen LogP contribution < -0.4 is 0 Å². The molecule has 0 amide bonds. The van der Waals surface area contributed by atoms with Gasteiger partial charge in [-0.2, -0.15) is 0 Å². The molecule has 1 aromatic carbocycles. The summed E-state index contributed by atoms with van der Waals surface area (Å²) in [5.74, 6) is -2.21. The average molecular weight is 277 g/mol. The van der Waals surface area contributed by atoms with Crippen LogP contribution in [0.1, 0.15) is 18.9 Å². The van der Waals surface area contributed by atoms with Gasteiger partial charge < -0.3 is 10.2 Å². The van der Waals surface area contributed by atoms with Crippen LogP contribution in [-0.2, 0) is 16.0 Å². The normalized spacial score (nSPS) is 11.1. The van der Waals surface area contributed by atoms with E-state index in [1.54, 1.807) is 18.2 Å². The first-order valence-electron chi connectivity index (χ1n) is 5.16. The molecule has 0 saturated heterocycles. The Morgan fingerprint density at radius 2 is 1.83 bits per heavy atom. The molecule has 1 atom stereocenters. The minimum absolute atomic E-state index is 0.0269. The first-order chi connectivity index (χ1) is 8.34. The van der Waals surface area contributed by atoms with Crippen LogP contribution in [0, 0.1) is 5.82 Å². The van der Waals surface area contributed by atoms with Crippen LogP contribution in [-0.4, -0.2) is 27.5 Å². The lowest BCUT2D eigenvalue weighted by Crippen LogP contribution is -2.06. The third-order valence-electron chi connectivity index (χ3n) is 1.91. The summed E-state index contributed by atoms with van der Waals surface area (Å²) >= 11 is 5.01. The lowest BCUT2D eigenvalue weighted by atomic mass is 10.1. The molecule has 0 spiro atoms. The van der Waals surface area contributed by atoms with Crippen LogP contribution in [0.3, 0.4) is 0 Å². The molecule has 0 fully saturated rings. The molecule has 18 heavy (non-hydrogen) atoms. The Balaban J connectivity index is 0.000000411. The van der Waals surface area contributed by atoms with Crippen molar-refractivity contribution in [2.75, 3.05) is 0 Å². The van der Waals surface area contributed by atoms with E-state index in [1.807, 2.05) is 0 Å². The van der Waals surface area contributed by atoms with Gasteiger partial charge in [0.25, 0.3) is 0 Å². The molecule has 6 heteroatoms.